The van der Waals surface area contributed by atoms with Crippen molar-refractivity contribution in [3.63, 3.8) is 0 Å². The molecule has 0 amide bonds. The molecule has 0 saturated carbocycles. The molecule has 0 radical (unpaired) electrons. The van der Waals surface area contributed by atoms with Crippen LogP contribution in [0.4, 0.5) is 5.69 Å². The molecule has 0 unspecified atom stereocenters. The van der Waals surface area contributed by atoms with Crippen LogP contribution in [-0.4, -0.2) is 17.4 Å². The van der Waals surface area contributed by atoms with E-state index < -0.39 is 0 Å². The van der Waals surface area contributed by atoms with Gasteiger partial charge in [0.25, 0.3) is 0 Å². The van der Waals surface area contributed by atoms with E-state index in [1.165, 1.54) is 0 Å². The van der Waals surface area contributed by atoms with E-state index in [4.69, 9.17) is 0 Å². The highest BCUT2D eigenvalue weighted by atomic mass is 127. The molecular weight excluding hydrogens is 285 g/mol. The Bertz CT molecular complexity index is 267. The molecule has 0 saturated heterocycles. The maximum atomic E-state index is 9.22. The van der Waals surface area contributed by atoms with Crippen LogP contribution in [0.2, 0.25) is 0 Å². The van der Waals surface area contributed by atoms with Gasteiger partial charge in [0.2, 0.25) is 0 Å². The molecule has 0 aromatic heterocycles. The molecule has 0 spiro atoms. The zero-order valence-electron chi connectivity index (χ0n) is 6.42. The summed E-state index contributed by atoms with van der Waals surface area (Å²) >= 11 is 6.18. The minimum Gasteiger partial charge on any atom is -0.507 e. The Balaban J connectivity index is 2.69. The second-order valence-corrected chi connectivity index (χ2v) is 3.93. The van der Waals surface area contributed by atoms with Crippen LogP contribution in [0.1, 0.15) is 0 Å². The Labute approximate surface area is 90.9 Å². The van der Waals surface area contributed by atoms with Crippen LogP contribution in [0.15, 0.2) is 18.2 Å². The molecule has 0 aliphatic rings. The third-order valence-electron chi connectivity index (χ3n) is 1.39. The highest BCUT2D eigenvalue weighted by molar-refractivity contribution is 14.1. The normalized spacial score (nSPS) is 9.83. The first-order valence-electron chi connectivity index (χ1n) is 3.57. The fraction of sp³-hybridized carbons (Fsp3) is 0.250. The molecule has 1 rings (SSSR count). The first-order valence-corrected chi connectivity index (χ1v) is 5.28. The summed E-state index contributed by atoms with van der Waals surface area (Å²) in [4.78, 5) is 0. The Hall–Kier alpha value is -0.100. The lowest BCUT2D eigenvalue weighted by Crippen LogP contribution is -2.02. The number of halogens is 1. The van der Waals surface area contributed by atoms with Gasteiger partial charge in [-0.2, -0.15) is 12.6 Å². The molecule has 12 heavy (non-hydrogen) atoms. The number of phenols is 1. The van der Waals surface area contributed by atoms with Gasteiger partial charge in [0.1, 0.15) is 5.75 Å². The van der Waals surface area contributed by atoms with E-state index in [2.05, 4.69) is 40.5 Å². The van der Waals surface area contributed by atoms with Crippen molar-refractivity contribution in [2.45, 2.75) is 0 Å². The second-order valence-electron chi connectivity index (χ2n) is 2.32. The fourth-order valence-electron chi connectivity index (χ4n) is 0.817. The first-order chi connectivity index (χ1) is 5.74. The number of nitrogens with one attached hydrogen (secondary N) is 1. The van der Waals surface area contributed by atoms with Crippen molar-refractivity contribution >= 4 is 40.9 Å². The van der Waals surface area contributed by atoms with E-state index in [0.717, 1.165) is 21.6 Å². The lowest BCUT2D eigenvalue weighted by molar-refractivity contribution is 0.471. The SMILES string of the molecule is Oc1ccc(NCCS)cc1I. The number of hydrogen-bond donors (Lipinski definition) is 3. The van der Waals surface area contributed by atoms with E-state index in [-0.39, 0.29) is 0 Å². The maximum absolute atomic E-state index is 9.22. The average Bonchev–Trinajstić information content (AvgIpc) is 2.07. The summed E-state index contributed by atoms with van der Waals surface area (Å²) in [7, 11) is 0. The summed E-state index contributed by atoms with van der Waals surface area (Å²) in [5.74, 6) is 1.13. The van der Waals surface area contributed by atoms with Crippen molar-refractivity contribution < 1.29 is 5.11 Å². The standard InChI is InChI=1S/C8H10INOS/c9-7-5-6(10-3-4-12)1-2-8(7)11/h1-2,5,10-12H,3-4H2. The van der Waals surface area contributed by atoms with Gasteiger partial charge in [-0.15, -0.1) is 0 Å². The predicted molar refractivity (Wildman–Crippen MR) is 63.2 cm³/mol. The highest BCUT2D eigenvalue weighted by Crippen LogP contribution is 2.22. The van der Waals surface area contributed by atoms with Crippen LogP contribution in [0.25, 0.3) is 0 Å². The minimum absolute atomic E-state index is 0.326. The van der Waals surface area contributed by atoms with E-state index in [0.29, 0.717) is 5.75 Å². The van der Waals surface area contributed by atoms with E-state index in [1.807, 2.05) is 12.1 Å². The van der Waals surface area contributed by atoms with Crippen molar-refractivity contribution in [3.05, 3.63) is 21.8 Å². The Morgan fingerprint density at radius 1 is 1.50 bits per heavy atom. The van der Waals surface area contributed by atoms with Crippen LogP contribution in [0.3, 0.4) is 0 Å². The molecular formula is C8H10INOS. The molecule has 2 N–H and O–H groups in total. The summed E-state index contributed by atoms with van der Waals surface area (Å²) in [6, 6.07) is 5.43. The number of rotatable bonds is 3. The van der Waals surface area contributed by atoms with Gasteiger partial charge in [0.15, 0.2) is 0 Å². The Morgan fingerprint density at radius 2 is 2.25 bits per heavy atom. The summed E-state index contributed by atoms with van der Waals surface area (Å²) in [6.07, 6.45) is 0. The monoisotopic (exact) mass is 295 g/mol. The first kappa shape index (κ1) is 9.98. The van der Waals surface area contributed by atoms with Crippen molar-refractivity contribution in [3.8, 4) is 5.75 Å². The predicted octanol–water partition coefficient (Wildman–Crippen LogP) is 2.34. The van der Waals surface area contributed by atoms with Crippen LogP contribution in [0.5, 0.6) is 5.75 Å². The summed E-state index contributed by atoms with van der Waals surface area (Å²) in [5, 5.41) is 12.4. The molecule has 2 nitrogen and oxygen atoms in total. The highest BCUT2D eigenvalue weighted by Gasteiger charge is 1.97. The van der Waals surface area contributed by atoms with E-state index >= 15 is 0 Å². The van der Waals surface area contributed by atoms with Crippen LogP contribution >= 0.6 is 35.2 Å². The van der Waals surface area contributed by atoms with E-state index in [9.17, 15) is 5.11 Å². The smallest absolute Gasteiger partial charge is 0.129 e. The average molecular weight is 295 g/mol. The van der Waals surface area contributed by atoms with Crippen molar-refractivity contribution in [1.82, 2.24) is 0 Å². The second kappa shape index (κ2) is 4.81. The van der Waals surface area contributed by atoms with Gasteiger partial charge in [-0.05, 0) is 40.8 Å². The molecule has 4 heteroatoms. The number of thiol groups is 1. The lowest BCUT2D eigenvalue weighted by Gasteiger charge is -2.05. The molecule has 0 fully saturated rings. The number of phenolic OH excluding ortho intramolecular Hbond substituents is 1. The number of aromatic hydroxyl groups is 1. The summed E-state index contributed by atoms with van der Waals surface area (Å²) < 4.78 is 0.858. The maximum Gasteiger partial charge on any atom is 0.129 e. The zero-order chi connectivity index (χ0) is 8.97. The van der Waals surface area contributed by atoms with Gasteiger partial charge in [0, 0.05) is 18.0 Å². The van der Waals surface area contributed by atoms with Crippen molar-refractivity contribution in [1.29, 1.82) is 0 Å². The van der Waals surface area contributed by atoms with Crippen LogP contribution in [0, 0.1) is 3.57 Å². The lowest BCUT2D eigenvalue weighted by atomic mass is 10.3. The Kier molecular flexibility index (Phi) is 4.00. The number of hydrogen-bond acceptors (Lipinski definition) is 3. The minimum atomic E-state index is 0.326. The zero-order valence-corrected chi connectivity index (χ0v) is 9.47. The van der Waals surface area contributed by atoms with Crippen LogP contribution < -0.4 is 5.32 Å². The van der Waals surface area contributed by atoms with Gasteiger partial charge in [0.05, 0.1) is 3.57 Å². The van der Waals surface area contributed by atoms with Gasteiger partial charge in [-0.3, -0.25) is 0 Å². The molecule has 1 aromatic carbocycles. The largest absolute Gasteiger partial charge is 0.507 e. The number of benzene rings is 1. The van der Waals surface area contributed by atoms with Gasteiger partial charge in [-0.1, -0.05) is 0 Å². The van der Waals surface area contributed by atoms with Crippen LogP contribution in [-0.2, 0) is 0 Å². The van der Waals surface area contributed by atoms with E-state index in [1.54, 1.807) is 6.07 Å². The molecule has 0 atom stereocenters. The number of anilines is 1. The molecule has 0 bridgehead atoms. The van der Waals surface area contributed by atoms with Gasteiger partial charge in [-0.25, -0.2) is 0 Å². The quantitative estimate of drug-likeness (QED) is 0.454. The third-order valence-corrected chi connectivity index (χ3v) is 2.48. The third kappa shape index (κ3) is 2.75. The summed E-state index contributed by atoms with van der Waals surface area (Å²) in [6.45, 7) is 0.837. The van der Waals surface area contributed by atoms with Gasteiger partial charge < -0.3 is 10.4 Å². The topological polar surface area (TPSA) is 32.3 Å². The van der Waals surface area contributed by atoms with Crippen molar-refractivity contribution in [2.24, 2.45) is 0 Å². The summed E-state index contributed by atoms with van der Waals surface area (Å²) in [5.41, 5.74) is 1.02. The van der Waals surface area contributed by atoms with Gasteiger partial charge >= 0.3 is 0 Å². The molecule has 0 aliphatic heterocycles. The molecule has 66 valence electrons. The Morgan fingerprint density at radius 3 is 2.83 bits per heavy atom. The van der Waals surface area contributed by atoms with Crippen molar-refractivity contribution in [2.75, 3.05) is 17.6 Å². The molecule has 0 aliphatic carbocycles. The molecule has 1 aromatic rings. The molecule has 0 heterocycles. The fourth-order valence-corrected chi connectivity index (χ4v) is 1.44.